The van der Waals surface area contributed by atoms with Gasteiger partial charge < -0.3 is 4.42 Å². The molecule has 0 saturated carbocycles. The summed E-state index contributed by atoms with van der Waals surface area (Å²) in [4.78, 5) is 15.3. The molecule has 0 spiro atoms. The molecule has 236 valence electrons. The van der Waals surface area contributed by atoms with Crippen LogP contribution in [0.5, 0.6) is 0 Å². The van der Waals surface area contributed by atoms with E-state index in [4.69, 9.17) is 19.4 Å². The van der Waals surface area contributed by atoms with Gasteiger partial charge in [0.2, 0.25) is 0 Å². The summed E-state index contributed by atoms with van der Waals surface area (Å²) in [6.07, 6.45) is 0. The predicted octanol–water partition coefficient (Wildman–Crippen LogP) is 12.4. The summed E-state index contributed by atoms with van der Waals surface area (Å²) in [6.45, 7) is 0. The first-order valence-electron chi connectivity index (χ1n) is 17.2. The molecule has 11 rings (SSSR count). The molecule has 10 aromatic rings. The largest absolute Gasteiger partial charge is 0.456 e. The average molecular weight is 650 g/mol. The van der Waals surface area contributed by atoms with Crippen molar-refractivity contribution in [3.05, 3.63) is 164 Å². The summed E-state index contributed by atoms with van der Waals surface area (Å²) in [5, 5.41) is 6.97. The lowest BCUT2D eigenvalue weighted by atomic mass is 9.97. The fourth-order valence-electron chi connectivity index (χ4n) is 7.83. The number of nitrogens with zero attached hydrogens (tertiary/aromatic N) is 3. The molecule has 1 aliphatic carbocycles. The standard InChI is InChI=1S/C47H27N3O/c1-2-9-32-26-34(23-20-28(32)8-1)46-48-45(49-47(50-46)39-15-7-17-42-44(39)38-12-3-4-16-41(38)51-42)31-21-18-29(19-22-31)33-24-25-35-36-13-5-10-30-11-6-14-37(43(30)36)40(35)27-33/h1-27H. The van der Waals surface area contributed by atoms with Crippen LogP contribution in [0.25, 0.3) is 111 Å². The van der Waals surface area contributed by atoms with Crippen molar-refractivity contribution in [3.63, 3.8) is 0 Å². The van der Waals surface area contributed by atoms with E-state index in [2.05, 4.69) is 133 Å². The molecule has 4 nitrogen and oxygen atoms in total. The molecular weight excluding hydrogens is 623 g/mol. The van der Waals surface area contributed by atoms with Crippen molar-refractivity contribution in [2.75, 3.05) is 0 Å². The molecule has 0 atom stereocenters. The smallest absolute Gasteiger partial charge is 0.164 e. The molecule has 0 radical (unpaired) electrons. The fraction of sp³-hybridized carbons (Fsp3) is 0. The Hall–Kier alpha value is -6.91. The minimum absolute atomic E-state index is 0.608. The van der Waals surface area contributed by atoms with Crippen LogP contribution in [0.3, 0.4) is 0 Å². The van der Waals surface area contributed by atoms with E-state index >= 15 is 0 Å². The Morgan fingerprint density at radius 1 is 0.314 bits per heavy atom. The number of aromatic nitrogens is 3. The van der Waals surface area contributed by atoms with Gasteiger partial charge in [-0.25, -0.2) is 15.0 Å². The molecule has 0 bridgehead atoms. The van der Waals surface area contributed by atoms with Gasteiger partial charge in [0.15, 0.2) is 17.5 Å². The first kappa shape index (κ1) is 28.0. The van der Waals surface area contributed by atoms with Crippen LogP contribution in [0.15, 0.2) is 168 Å². The third kappa shape index (κ3) is 4.37. The van der Waals surface area contributed by atoms with Crippen molar-refractivity contribution in [3.8, 4) is 67.5 Å². The highest BCUT2D eigenvalue weighted by Crippen LogP contribution is 2.48. The monoisotopic (exact) mass is 649 g/mol. The minimum atomic E-state index is 0.608. The van der Waals surface area contributed by atoms with Crippen LogP contribution in [0.4, 0.5) is 0 Å². The number of rotatable bonds is 4. The predicted molar refractivity (Wildman–Crippen MR) is 208 cm³/mol. The highest BCUT2D eigenvalue weighted by molar-refractivity contribution is 6.16. The molecule has 8 aromatic carbocycles. The first-order valence-corrected chi connectivity index (χ1v) is 17.2. The highest BCUT2D eigenvalue weighted by atomic mass is 16.3. The van der Waals surface area contributed by atoms with Gasteiger partial charge in [0, 0.05) is 27.5 Å². The second-order valence-electron chi connectivity index (χ2n) is 13.2. The van der Waals surface area contributed by atoms with Gasteiger partial charge in [-0.1, -0.05) is 140 Å². The van der Waals surface area contributed by atoms with Crippen molar-refractivity contribution in [1.82, 2.24) is 15.0 Å². The van der Waals surface area contributed by atoms with E-state index in [1.807, 2.05) is 30.3 Å². The maximum Gasteiger partial charge on any atom is 0.164 e. The van der Waals surface area contributed by atoms with Gasteiger partial charge in [0.05, 0.1) is 0 Å². The summed E-state index contributed by atoms with van der Waals surface area (Å²) in [5.74, 6) is 1.86. The zero-order valence-corrected chi connectivity index (χ0v) is 27.3. The van der Waals surface area contributed by atoms with Crippen molar-refractivity contribution < 1.29 is 4.42 Å². The zero-order chi connectivity index (χ0) is 33.5. The second kappa shape index (κ2) is 10.8. The zero-order valence-electron chi connectivity index (χ0n) is 27.3. The lowest BCUT2D eigenvalue weighted by Gasteiger charge is -2.11. The number of hydrogen-bond donors (Lipinski definition) is 0. The van der Waals surface area contributed by atoms with Crippen LogP contribution in [-0.2, 0) is 0 Å². The number of benzene rings is 8. The molecule has 0 saturated heterocycles. The molecule has 0 amide bonds. The van der Waals surface area contributed by atoms with Gasteiger partial charge in [-0.2, -0.15) is 0 Å². The van der Waals surface area contributed by atoms with E-state index in [0.29, 0.717) is 17.5 Å². The van der Waals surface area contributed by atoms with Gasteiger partial charge in [0.25, 0.3) is 0 Å². The summed E-state index contributed by atoms with van der Waals surface area (Å²) >= 11 is 0. The van der Waals surface area contributed by atoms with Gasteiger partial charge in [-0.05, 0) is 79.2 Å². The van der Waals surface area contributed by atoms with E-state index in [9.17, 15) is 0 Å². The Morgan fingerprint density at radius 2 is 0.922 bits per heavy atom. The molecular formula is C47H27N3O. The van der Waals surface area contributed by atoms with E-state index in [-0.39, 0.29) is 0 Å². The quantitative estimate of drug-likeness (QED) is 0.190. The topological polar surface area (TPSA) is 51.8 Å². The Kier molecular flexibility index (Phi) is 5.92. The molecule has 0 fully saturated rings. The summed E-state index contributed by atoms with van der Waals surface area (Å²) in [5.41, 5.74) is 11.9. The van der Waals surface area contributed by atoms with Crippen molar-refractivity contribution in [2.45, 2.75) is 0 Å². The molecule has 1 aliphatic rings. The molecule has 2 heterocycles. The number of para-hydroxylation sites is 1. The summed E-state index contributed by atoms with van der Waals surface area (Å²) in [6, 6.07) is 57.5. The van der Waals surface area contributed by atoms with Gasteiger partial charge in [-0.15, -0.1) is 0 Å². The Labute approximate surface area is 293 Å². The van der Waals surface area contributed by atoms with E-state index < -0.39 is 0 Å². The second-order valence-corrected chi connectivity index (χ2v) is 13.2. The highest BCUT2D eigenvalue weighted by Gasteiger charge is 2.22. The maximum atomic E-state index is 6.24. The van der Waals surface area contributed by atoms with Crippen LogP contribution in [0, 0.1) is 0 Å². The minimum Gasteiger partial charge on any atom is -0.456 e. The van der Waals surface area contributed by atoms with Crippen LogP contribution >= 0.6 is 0 Å². The third-order valence-electron chi connectivity index (χ3n) is 10.3. The van der Waals surface area contributed by atoms with Crippen LogP contribution in [0.2, 0.25) is 0 Å². The fourth-order valence-corrected chi connectivity index (χ4v) is 7.83. The third-order valence-corrected chi connectivity index (χ3v) is 10.3. The molecule has 0 unspecified atom stereocenters. The molecule has 0 aliphatic heterocycles. The van der Waals surface area contributed by atoms with Crippen LogP contribution in [0.1, 0.15) is 0 Å². The van der Waals surface area contributed by atoms with E-state index in [1.54, 1.807) is 0 Å². The molecule has 0 N–H and O–H groups in total. The molecule has 4 heteroatoms. The summed E-state index contributed by atoms with van der Waals surface area (Å²) in [7, 11) is 0. The first-order chi connectivity index (χ1) is 25.2. The SMILES string of the molecule is c1ccc2cc(-c3nc(-c4ccc(-c5ccc6c(c5)-c5cccc7cccc-6c57)cc4)nc(-c4cccc5oc6ccccc6c45)n3)ccc2c1. The van der Waals surface area contributed by atoms with Crippen LogP contribution in [-0.4, -0.2) is 15.0 Å². The number of hydrogen-bond acceptors (Lipinski definition) is 4. The average Bonchev–Trinajstić information content (AvgIpc) is 3.74. The summed E-state index contributed by atoms with van der Waals surface area (Å²) < 4.78 is 6.24. The Bertz CT molecular complexity index is 3020. The number of fused-ring (bicyclic) bond motifs is 7. The molecule has 51 heavy (non-hydrogen) atoms. The van der Waals surface area contributed by atoms with Gasteiger partial charge in [-0.3, -0.25) is 0 Å². The van der Waals surface area contributed by atoms with E-state index in [1.165, 1.54) is 44.0 Å². The van der Waals surface area contributed by atoms with Crippen molar-refractivity contribution in [2.24, 2.45) is 0 Å². The maximum absolute atomic E-state index is 6.24. The number of furan rings is 1. The molecule has 2 aromatic heterocycles. The Balaban J connectivity index is 1.05. The van der Waals surface area contributed by atoms with E-state index in [0.717, 1.165) is 49.6 Å². The van der Waals surface area contributed by atoms with Gasteiger partial charge in [0.1, 0.15) is 11.2 Å². The van der Waals surface area contributed by atoms with Gasteiger partial charge >= 0.3 is 0 Å². The Morgan fingerprint density at radius 3 is 1.78 bits per heavy atom. The van der Waals surface area contributed by atoms with Crippen molar-refractivity contribution >= 4 is 43.5 Å². The normalized spacial score (nSPS) is 11.9. The lowest BCUT2D eigenvalue weighted by Crippen LogP contribution is -2.00. The van der Waals surface area contributed by atoms with Crippen molar-refractivity contribution in [1.29, 1.82) is 0 Å². The lowest BCUT2D eigenvalue weighted by molar-refractivity contribution is 0.669. The van der Waals surface area contributed by atoms with Crippen LogP contribution < -0.4 is 0 Å².